The molecule has 1 aromatic carbocycles. The first kappa shape index (κ1) is 10.1. The van der Waals surface area contributed by atoms with E-state index in [0.29, 0.717) is 6.04 Å². The Balaban J connectivity index is 1.86. The van der Waals surface area contributed by atoms with Crippen LogP contribution >= 0.6 is 15.9 Å². The topological polar surface area (TPSA) is 40.7 Å². The number of anilines is 1. The van der Waals surface area contributed by atoms with Crippen molar-refractivity contribution in [3.05, 3.63) is 22.7 Å². The highest BCUT2D eigenvalue weighted by Crippen LogP contribution is 2.23. The van der Waals surface area contributed by atoms with E-state index in [1.807, 2.05) is 12.1 Å². The SMILES string of the molecule is Brc1ccc2nc(NC3CCCC3)[nH]c2c1. The van der Waals surface area contributed by atoms with Gasteiger partial charge in [0.1, 0.15) is 0 Å². The quantitative estimate of drug-likeness (QED) is 0.881. The van der Waals surface area contributed by atoms with Gasteiger partial charge >= 0.3 is 0 Å². The maximum atomic E-state index is 4.53. The number of benzene rings is 1. The number of halogens is 1. The van der Waals surface area contributed by atoms with Crippen molar-refractivity contribution >= 4 is 32.9 Å². The van der Waals surface area contributed by atoms with Crippen LogP contribution in [0.3, 0.4) is 0 Å². The molecule has 84 valence electrons. The van der Waals surface area contributed by atoms with Gasteiger partial charge in [0.15, 0.2) is 0 Å². The van der Waals surface area contributed by atoms with Crippen molar-refractivity contribution < 1.29 is 0 Å². The van der Waals surface area contributed by atoms with Crippen LogP contribution in [0.4, 0.5) is 5.95 Å². The second-order valence-corrected chi connectivity index (χ2v) is 5.29. The minimum absolute atomic E-state index is 0.601. The molecule has 3 rings (SSSR count). The van der Waals surface area contributed by atoms with Crippen molar-refractivity contribution in [2.75, 3.05) is 5.32 Å². The number of aromatic amines is 1. The zero-order chi connectivity index (χ0) is 11.0. The van der Waals surface area contributed by atoms with Crippen LogP contribution in [-0.4, -0.2) is 16.0 Å². The van der Waals surface area contributed by atoms with Gasteiger partial charge in [0, 0.05) is 10.5 Å². The number of aromatic nitrogens is 2. The Bertz CT molecular complexity index is 500. The lowest BCUT2D eigenvalue weighted by atomic mass is 10.3. The van der Waals surface area contributed by atoms with E-state index in [0.717, 1.165) is 21.5 Å². The van der Waals surface area contributed by atoms with E-state index in [1.54, 1.807) is 0 Å². The largest absolute Gasteiger partial charge is 0.353 e. The Hall–Kier alpha value is -1.03. The molecule has 3 nitrogen and oxygen atoms in total. The molecule has 0 spiro atoms. The van der Waals surface area contributed by atoms with E-state index < -0.39 is 0 Å². The van der Waals surface area contributed by atoms with Gasteiger partial charge in [-0.15, -0.1) is 0 Å². The average molecular weight is 280 g/mol. The number of rotatable bonds is 2. The standard InChI is InChI=1S/C12H14BrN3/c13-8-5-6-10-11(7-8)16-12(15-10)14-9-3-1-2-4-9/h5-7,9H,1-4H2,(H2,14,15,16). The molecule has 2 N–H and O–H groups in total. The third-order valence-corrected chi connectivity index (χ3v) is 3.63. The number of nitrogens with zero attached hydrogens (tertiary/aromatic N) is 1. The van der Waals surface area contributed by atoms with Crippen molar-refractivity contribution in [3.63, 3.8) is 0 Å². The minimum atomic E-state index is 0.601. The van der Waals surface area contributed by atoms with Crippen LogP contribution in [0.2, 0.25) is 0 Å². The van der Waals surface area contributed by atoms with Crippen LogP contribution in [0.1, 0.15) is 25.7 Å². The van der Waals surface area contributed by atoms with Crippen molar-refractivity contribution in [1.82, 2.24) is 9.97 Å². The van der Waals surface area contributed by atoms with E-state index >= 15 is 0 Å². The summed E-state index contributed by atoms with van der Waals surface area (Å²) >= 11 is 3.46. The van der Waals surface area contributed by atoms with Gasteiger partial charge in [-0.05, 0) is 31.0 Å². The Labute approximate surface area is 103 Å². The summed E-state index contributed by atoms with van der Waals surface area (Å²) in [5, 5.41) is 3.47. The van der Waals surface area contributed by atoms with Gasteiger partial charge < -0.3 is 10.3 Å². The van der Waals surface area contributed by atoms with Gasteiger partial charge in [-0.1, -0.05) is 28.8 Å². The van der Waals surface area contributed by atoms with Gasteiger partial charge in [0.2, 0.25) is 5.95 Å². The summed E-state index contributed by atoms with van der Waals surface area (Å²) in [6, 6.07) is 6.70. The van der Waals surface area contributed by atoms with Crippen LogP contribution in [0.25, 0.3) is 11.0 Å². The van der Waals surface area contributed by atoms with E-state index in [-0.39, 0.29) is 0 Å². The van der Waals surface area contributed by atoms with E-state index in [9.17, 15) is 0 Å². The predicted molar refractivity (Wildman–Crippen MR) is 69.7 cm³/mol. The molecule has 0 saturated heterocycles. The van der Waals surface area contributed by atoms with Crippen LogP contribution < -0.4 is 5.32 Å². The maximum absolute atomic E-state index is 4.53. The molecule has 0 unspecified atom stereocenters. The maximum Gasteiger partial charge on any atom is 0.201 e. The summed E-state index contributed by atoms with van der Waals surface area (Å²) in [4.78, 5) is 7.84. The number of hydrogen-bond donors (Lipinski definition) is 2. The van der Waals surface area contributed by atoms with E-state index in [4.69, 9.17) is 0 Å². The van der Waals surface area contributed by atoms with Gasteiger partial charge in [-0.2, -0.15) is 0 Å². The normalized spacial score (nSPS) is 17.1. The van der Waals surface area contributed by atoms with E-state index in [2.05, 4.69) is 37.3 Å². The van der Waals surface area contributed by atoms with Crippen molar-refractivity contribution in [2.45, 2.75) is 31.7 Å². The van der Waals surface area contributed by atoms with Crippen LogP contribution in [0.5, 0.6) is 0 Å². The molecule has 1 heterocycles. The zero-order valence-corrected chi connectivity index (χ0v) is 10.5. The monoisotopic (exact) mass is 279 g/mol. The molecule has 0 aliphatic heterocycles. The molecule has 4 heteroatoms. The predicted octanol–water partition coefficient (Wildman–Crippen LogP) is 3.68. The number of imidazole rings is 1. The van der Waals surface area contributed by atoms with Crippen molar-refractivity contribution in [1.29, 1.82) is 0 Å². The molecule has 0 amide bonds. The number of H-pyrrole nitrogens is 1. The summed E-state index contributed by atoms with van der Waals surface area (Å²) < 4.78 is 1.08. The molecule has 0 atom stereocenters. The molecule has 2 aromatic rings. The molecule has 1 aromatic heterocycles. The van der Waals surface area contributed by atoms with Gasteiger partial charge in [0.05, 0.1) is 11.0 Å². The van der Waals surface area contributed by atoms with Gasteiger partial charge in [-0.3, -0.25) is 0 Å². The fourth-order valence-corrected chi connectivity index (χ4v) is 2.67. The lowest BCUT2D eigenvalue weighted by molar-refractivity contribution is 0.747. The van der Waals surface area contributed by atoms with Crippen molar-refractivity contribution in [2.24, 2.45) is 0 Å². The smallest absolute Gasteiger partial charge is 0.201 e. The lowest BCUT2D eigenvalue weighted by Crippen LogP contribution is -2.15. The molecular formula is C12H14BrN3. The van der Waals surface area contributed by atoms with Crippen molar-refractivity contribution in [3.8, 4) is 0 Å². The Morgan fingerprint density at radius 1 is 1.31 bits per heavy atom. The highest BCUT2D eigenvalue weighted by atomic mass is 79.9. The Morgan fingerprint density at radius 3 is 2.94 bits per heavy atom. The fraction of sp³-hybridized carbons (Fsp3) is 0.417. The molecule has 1 saturated carbocycles. The Kier molecular flexibility index (Phi) is 2.59. The molecule has 1 aliphatic carbocycles. The average Bonchev–Trinajstić information content (AvgIpc) is 2.86. The second kappa shape index (κ2) is 4.09. The van der Waals surface area contributed by atoms with Gasteiger partial charge in [-0.25, -0.2) is 4.98 Å². The molecule has 0 radical (unpaired) electrons. The Morgan fingerprint density at radius 2 is 2.12 bits per heavy atom. The van der Waals surface area contributed by atoms with Crippen LogP contribution in [-0.2, 0) is 0 Å². The van der Waals surface area contributed by atoms with Crippen LogP contribution in [0, 0.1) is 0 Å². The minimum Gasteiger partial charge on any atom is -0.353 e. The molecule has 1 fully saturated rings. The summed E-state index contributed by atoms with van der Waals surface area (Å²) in [5.74, 6) is 0.903. The number of fused-ring (bicyclic) bond motifs is 1. The highest BCUT2D eigenvalue weighted by molar-refractivity contribution is 9.10. The van der Waals surface area contributed by atoms with E-state index in [1.165, 1.54) is 25.7 Å². The third kappa shape index (κ3) is 1.94. The third-order valence-electron chi connectivity index (χ3n) is 3.14. The molecule has 0 bridgehead atoms. The first-order valence-electron chi connectivity index (χ1n) is 5.73. The molecular weight excluding hydrogens is 266 g/mol. The van der Waals surface area contributed by atoms with Crippen LogP contribution in [0.15, 0.2) is 22.7 Å². The van der Waals surface area contributed by atoms with Gasteiger partial charge in [0.25, 0.3) is 0 Å². The summed E-state index contributed by atoms with van der Waals surface area (Å²) in [7, 11) is 0. The lowest BCUT2D eigenvalue weighted by Gasteiger charge is -2.09. The summed E-state index contributed by atoms with van der Waals surface area (Å²) in [5.41, 5.74) is 2.10. The first-order chi connectivity index (χ1) is 7.81. The summed E-state index contributed by atoms with van der Waals surface area (Å²) in [6.07, 6.45) is 5.20. The fourth-order valence-electron chi connectivity index (χ4n) is 2.31. The summed E-state index contributed by atoms with van der Waals surface area (Å²) in [6.45, 7) is 0. The zero-order valence-electron chi connectivity index (χ0n) is 8.96. The highest BCUT2D eigenvalue weighted by Gasteiger charge is 2.15. The number of hydrogen-bond acceptors (Lipinski definition) is 2. The molecule has 1 aliphatic rings. The number of nitrogens with one attached hydrogen (secondary N) is 2. The first-order valence-corrected chi connectivity index (χ1v) is 6.52. The molecule has 16 heavy (non-hydrogen) atoms. The second-order valence-electron chi connectivity index (χ2n) is 4.37.